The summed E-state index contributed by atoms with van der Waals surface area (Å²) in [7, 11) is 0. The van der Waals surface area contributed by atoms with Crippen molar-refractivity contribution >= 4 is 5.57 Å². The molecule has 0 saturated carbocycles. The van der Waals surface area contributed by atoms with Gasteiger partial charge < -0.3 is 5.11 Å². The van der Waals surface area contributed by atoms with Crippen LogP contribution in [0.3, 0.4) is 0 Å². The Labute approximate surface area is 97.1 Å². The van der Waals surface area contributed by atoms with E-state index < -0.39 is 5.60 Å². The average Bonchev–Trinajstić information content (AvgIpc) is 2.52. The molecule has 0 heterocycles. The fourth-order valence-electron chi connectivity index (χ4n) is 2.26. The quantitative estimate of drug-likeness (QED) is 0.796. The fourth-order valence-corrected chi connectivity index (χ4v) is 2.26. The number of allylic oxidation sites excluding steroid dienone is 3. The minimum atomic E-state index is -0.706. The van der Waals surface area contributed by atoms with E-state index in [4.69, 9.17) is 0 Å². The molecule has 0 saturated heterocycles. The van der Waals surface area contributed by atoms with Crippen molar-refractivity contribution in [3.63, 3.8) is 0 Å². The molecule has 1 aromatic rings. The molecule has 84 valence electrons. The van der Waals surface area contributed by atoms with Gasteiger partial charge in [-0.2, -0.15) is 0 Å². The highest BCUT2D eigenvalue weighted by molar-refractivity contribution is 5.75. The second-order valence-corrected chi connectivity index (χ2v) is 4.52. The summed E-state index contributed by atoms with van der Waals surface area (Å²) in [5, 5.41) is 10.3. The fraction of sp³-hybridized carbons (Fsp3) is 0.333. The third-order valence-electron chi connectivity index (χ3n) is 3.06. The third-order valence-corrected chi connectivity index (χ3v) is 3.06. The molecule has 1 aliphatic rings. The Bertz CT molecular complexity index is 439. The zero-order valence-corrected chi connectivity index (χ0v) is 9.90. The Hall–Kier alpha value is -1.34. The van der Waals surface area contributed by atoms with Gasteiger partial charge in [0.25, 0.3) is 0 Å². The van der Waals surface area contributed by atoms with Crippen molar-refractivity contribution in [2.24, 2.45) is 0 Å². The van der Waals surface area contributed by atoms with Crippen LogP contribution in [-0.4, -0.2) is 5.11 Å². The molecule has 1 atom stereocenters. The number of hydrogen-bond acceptors (Lipinski definition) is 1. The first-order valence-corrected chi connectivity index (χ1v) is 5.83. The van der Waals surface area contributed by atoms with E-state index >= 15 is 0 Å². The molecule has 0 radical (unpaired) electrons. The van der Waals surface area contributed by atoms with Gasteiger partial charge in [0, 0.05) is 6.42 Å². The molecule has 1 nitrogen and oxygen atoms in total. The number of fused-ring (bicyclic) bond motifs is 1. The Morgan fingerprint density at radius 3 is 2.88 bits per heavy atom. The van der Waals surface area contributed by atoms with Gasteiger partial charge in [0.2, 0.25) is 0 Å². The van der Waals surface area contributed by atoms with Crippen molar-refractivity contribution in [1.29, 1.82) is 0 Å². The molecule has 1 aromatic carbocycles. The Morgan fingerprint density at radius 1 is 1.38 bits per heavy atom. The van der Waals surface area contributed by atoms with Crippen LogP contribution < -0.4 is 0 Å². The number of rotatable bonds is 2. The molecule has 1 unspecified atom stereocenters. The van der Waals surface area contributed by atoms with E-state index in [1.807, 2.05) is 25.1 Å². The minimum Gasteiger partial charge on any atom is -0.385 e. The topological polar surface area (TPSA) is 20.2 Å². The molecular formula is C15H18O. The Balaban J connectivity index is 2.40. The molecule has 1 heteroatoms. The van der Waals surface area contributed by atoms with Crippen LogP contribution in [0.25, 0.3) is 5.57 Å². The summed E-state index contributed by atoms with van der Waals surface area (Å²) in [5.74, 6) is 0. The van der Waals surface area contributed by atoms with Gasteiger partial charge in [0.15, 0.2) is 0 Å². The maximum absolute atomic E-state index is 10.3. The van der Waals surface area contributed by atoms with Gasteiger partial charge in [-0.1, -0.05) is 49.4 Å². The summed E-state index contributed by atoms with van der Waals surface area (Å²) >= 11 is 0. The summed E-state index contributed by atoms with van der Waals surface area (Å²) in [6.45, 7) is 4.00. The summed E-state index contributed by atoms with van der Waals surface area (Å²) in [5.41, 5.74) is 2.76. The molecule has 0 aromatic heterocycles. The molecule has 0 aliphatic heterocycles. The molecule has 0 fully saturated rings. The summed E-state index contributed by atoms with van der Waals surface area (Å²) in [6, 6.07) is 8.11. The van der Waals surface area contributed by atoms with Crippen molar-refractivity contribution in [3.05, 3.63) is 53.6 Å². The zero-order valence-electron chi connectivity index (χ0n) is 9.90. The van der Waals surface area contributed by atoms with E-state index in [-0.39, 0.29) is 0 Å². The molecule has 2 rings (SSSR count). The van der Waals surface area contributed by atoms with Crippen LogP contribution in [0.5, 0.6) is 0 Å². The second-order valence-electron chi connectivity index (χ2n) is 4.52. The monoisotopic (exact) mass is 214 g/mol. The van der Waals surface area contributed by atoms with E-state index in [9.17, 15) is 5.11 Å². The third kappa shape index (κ3) is 1.96. The summed E-state index contributed by atoms with van der Waals surface area (Å²) in [4.78, 5) is 0. The second kappa shape index (κ2) is 4.26. The van der Waals surface area contributed by atoms with Crippen LogP contribution in [0.4, 0.5) is 0 Å². The predicted octanol–water partition coefficient (Wildman–Crippen LogP) is 3.65. The lowest BCUT2D eigenvalue weighted by Crippen LogP contribution is -2.15. The van der Waals surface area contributed by atoms with Crippen LogP contribution in [0.2, 0.25) is 0 Å². The van der Waals surface area contributed by atoms with Gasteiger partial charge in [0.05, 0.1) is 5.60 Å². The standard InChI is InChI=1S/C15H18O/c1-3-4-5-8-12-11-15(2,16)14-10-7-6-9-13(12)14/h4-10,16H,3,11H2,1-2H3/b5-4-,12-8+. The average molecular weight is 214 g/mol. The number of aliphatic hydroxyl groups is 1. The van der Waals surface area contributed by atoms with E-state index in [1.54, 1.807) is 0 Å². The smallest absolute Gasteiger partial charge is 0.0914 e. The molecule has 1 N–H and O–H groups in total. The lowest BCUT2D eigenvalue weighted by molar-refractivity contribution is 0.0691. The van der Waals surface area contributed by atoms with Crippen molar-refractivity contribution in [1.82, 2.24) is 0 Å². The molecule has 0 bridgehead atoms. The van der Waals surface area contributed by atoms with Crippen LogP contribution in [0.1, 0.15) is 37.8 Å². The van der Waals surface area contributed by atoms with E-state index in [2.05, 4.69) is 31.2 Å². The van der Waals surface area contributed by atoms with Crippen molar-refractivity contribution in [3.8, 4) is 0 Å². The molecule has 16 heavy (non-hydrogen) atoms. The highest BCUT2D eigenvalue weighted by Crippen LogP contribution is 2.43. The normalized spacial score (nSPS) is 26.6. The molecular weight excluding hydrogens is 196 g/mol. The lowest BCUT2D eigenvalue weighted by atomic mass is 9.99. The van der Waals surface area contributed by atoms with Crippen molar-refractivity contribution < 1.29 is 5.11 Å². The Kier molecular flexibility index (Phi) is 2.97. The van der Waals surface area contributed by atoms with Gasteiger partial charge in [-0.15, -0.1) is 0 Å². The van der Waals surface area contributed by atoms with Crippen LogP contribution in [0, 0.1) is 0 Å². The van der Waals surface area contributed by atoms with Gasteiger partial charge in [-0.25, -0.2) is 0 Å². The van der Waals surface area contributed by atoms with Crippen molar-refractivity contribution in [2.45, 2.75) is 32.3 Å². The highest BCUT2D eigenvalue weighted by Gasteiger charge is 2.34. The first-order chi connectivity index (χ1) is 7.65. The SMILES string of the molecule is CC/C=C\C=C1/CC(C)(O)c2ccccc21. The van der Waals surface area contributed by atoms with Crippen LogP contribution >= 0.6 is 0 Å². The maximum atomic E-state index is 10.3. The van der Waals surface area contributed by atoms with Crippen LogP contribution in [-0.2, 0) is 5.60 Å². The maximum Gasteiger partial charge on any atom is 0.0914 e. The van der Waals surface area contributed by atoms with Gasteiger partial charge in [0.1, 0.15) is 0 Å². The molecule has 0 amide bonds. The first kappa shape index (κ1) is 11.2. The highest BCUT2D eigenvalue weighted by atomic mass is 16.3. The Morgan fingerprint density at radius 2 is 2.12 bits per heavy atom. The van der Waals surface area contributed by atoms with Gasteiger partial charge >= 0.3 is 0 Å². The molecule has 1 aliphatic carbocycles. The number of hydrogen-bond donors (Lipinski definition) is 1. The largest absolute Gasteiger partial charge is 0.385 e. The van der Waals surface area contributed by atoms with E-state index in [0.29, 0.717) is 6.42 Å². The van der Waals surface area contributed by atoms with Crippen molar-refractivity contribution in [2.75, 3.05) is 0 Å². The summed E-state index contributed by atoms with van der Waals surface area (Å²) < 4.78 is 0. The predicted molar refractivity (Wildman–Crippen MR) is 68.0 cm³/mol. The summed E-state index contributed by atoms with van der Waals surface area (Å²) in [6.07, 6.45) is 8.07. The van der Waals surface area contributed by atoms with Gasteiger partial charge in [-0.3, -0.25) is 0 Å². The minimum absolute atomic E-state index is 0.706. The zero-order chi connectivity index (χ0) is 11.6. The first-order valence-electron chi connectivity index (χ1n) is 5.83. The lowest BCUT2D eigenvalue weighted by Gasteiger charge is -2.16. The number of benzene rings is 1. The van der Waals surface area contributed by atoms with E-state index in [0.717, 1.165) is 12.0 Å². The van der Waals surface area contributed by atoms with Gasteiger partial charge in [-0.05, 0) is 30.0 Å². The van der Waals surface area contributed by atoms with Crippen LogP contribution in [0.15, 0.2) is 42.5 Å². The molecule has 0 spiro atoms. The van der Waals surface area contributed by atoms with E-state index in [1.165, 1.54) is 11.1 Å².